The highest BCUT2D eigenvalue weighted by atomic mass is 15.3. The number of rotatable bonds is 6. The first-order valence-electron chi connectivity index (χ1n) is 11.7. The molecule has 31 heavy (non-hydrogen) atoms. The first kappa shape index (κ1) is 20.2. The maximum Gasteiger partial charge on any atom is 0.137 e. The molecule has 1 N–H and O–H groups in total. The summed E-state index contributed by atoms with van der Waals surface area (Å²) >= 11 is 0. The first-order chi connectivity index (χ1) is 15.3. The number of hydrogen-bond donors (Lipinski definition) is 1. The van der Waals surface area contributed by atoms with Crippen molar-refractivity contribution < 1.29 is 0 Å². The fourth-order valence-electron chi connectivity index (χ4n) is 5.02. The van der Waals surface area contributed by atoms with Gasteiger partial charge < -0.3 is 10.2 Å². The highest BCUT2D eigenvalue weighted by molar-refractivity contribution is 5.88. The number of benzene rings is 1. The lowest BCUT2D eigenvalue weighted by Gasteiger charge is -2.36. The molecule has 2 fully saturated rings. The summed E-state index contributed by atoms with van der Waals surface area (Å²) in [6.45, 7) is 5.69. The molecule has 5 rings (SSSR count). The lowest BCUT2D eigenvalue weighted by molar-refractivity contribution is 0.218. The van der Waals surface area contributed by atoms with Crippen LogP contribution in [0, 0.1) is 5.92 Å². The van der Waals surface area contributed by atoms with Crippen molar-refractivity contribution in [2.24, 2.45) is 5.92 Å². The Morgan fingerprint density at radius 2 is 1.65 bits per heavy atom. The minimum absolute atomic E-state index is 0.525. The number of pyridine rings is 1. The lowest BCUT2D eigenvalue weighted by Crippen LogP contribution is -2.47. The smallest absolute Gasteiger partial charge is 0.137 e. The largest absolute Gasteiger partial charge is 0.367 e. The SMILES string of the molecule is c1ccc(N2CCN(CCC3CCC(Nc4ncnc5ccccc45)CC3)CC2)nc1. The van der Waals surface area contributed by atoms with Crippen molar-refractivity contribution in [1.82, 2.24) is 19.9 Å². The van der Waals surface area contributed by atoms with Crippen molar-refractivity contribution in [3.8, 4) is 0 Å². The van der Waals surface area contributed by atoms with Crippen LogP contribution in [0.3, 0.4) is 0 Å². The normalized spacial score (nSPS) is 22.5. The molecule has 1 aromatic carbocycles. The van der Waals surface area contributed by atoms with Crippen LogP contribution in [0.5, 0.6) is 0 Å². The van der Waals surface area contributed by atoms with Crippen LogP contribution in [0.15, 0.2) is 55.0 Å². The maximum absolute atomic E-state index is 4.51. The van der Waals surface area contributed by atoms with Gasteiger partial charge in [-0.3, -0.25) is 4.90 Å². The van der Waals surface area contributed by atoms with Gasteiger partial charge in [0.25, 0.3) is 0 Å². The Balaban J connectivity index is 1.05. The van der Waals surface area contributed by atoms with Gasteiger partial charge in [-0.2, -0.15) is 0 Å². The summed E-state index contributed by atoms with van der Waals surface area (Å²) in [6, 6.07) is 15.0. The molecule has 6 heteroatoms. The predicted octanol–water partition coefficient (Wildman–Crippen LogP) is 4.21. The second-order valence-corrected chi connectivity index (χ2v) is 8.91. The summed E-state index contributed by atoms with van der Waals surface area (Å²) in [6.07, 6.45) is 9.98. The molecule has 6 nitrogen and oxygen atoms in total. The van der Waals surface area contributed by atoms with Gasteiger partial charge in [0.05, 0.1) is 5.52 Å². The van der Waals surface area contributed by atoms with Crippen molar-refractivity contribution in [3.63, 3.8) is 0 Å². The van der Waals surface area contributed by atoms with Gasteiger partial charge in [-0.15, -0.1) is 0 Å². The Morgan fingerprint density at radius 1 is 0.839 bits per heavy atom. The van der Waals surface area contributed by atoms with Crippen LogP contribution in [-0.4, -0.2) is 58.6 Å². The zero-order valence-corrected chi connectivity index (χ0v) is 18.2. The van der Waals surface area contributed by atoms with E-state index in [-0.39, 0.29) is 0 Å². The summed E-state index contributed by atoms with van der Waals surface area (Å²) < 4.78 is 0. The van der Waals surface area contributed by atoms with Gasteiger partial charge in [-0.1, -0.05) is 18.2 Å². The van der Waals surface area contributed by atoms with E-state index < -0.39 is 0 Å². The molecule has 0 unspecified atom stereocenters. The van der Waals surface area contributed by atoms with Gasteiger partial charge in [-0.05, 0) is 68.8 Å². The molecule has 0 spiro atoms. The van der Waals surface area contributed by atoms with E-state index in [1.54, 1.807) is 6.33 Å². The molecule has 2 aromatic heterocycles. The van der Waals surface area contributed by atoms with Gasteiger partial charge >= 0.3 is 0 Å². The van der Waals surface area contributed by atoms with E-state index in [4.69, 9.17) is 0 Å². The van der Waals surface area contributed by atoms with E-state index in [2.05, 4.69) is 60.4 Å². The number of fused-ring (bicyclic) bond motifs is 1. The second-order valence-electron chi connectivity index (χ2n) is 8.91. The Morgan fingerprint density at radius 3 is 2.45 bits per heavy atom. The standard InChI is InChI=1S/C25H32N6/c1-2-6-23-22(5-1)25(28-19-27-23)29-21-10-8-20(9-11-21)12-14-30-15-17-31(18-16-30)24-7-3-4-13-26-24/h1-7,13,19-21H,8-12,14-18H2,(H,27,28,29). The van der Waals surface area contributed by atoms with Gasteiger partial charge in [0.2, 0.25) is 0 Å². The summed E-state index contributed by atoms with van der Waals surface area (Å²) in [4.78, 5) is 18.4. The number of aromatic nitrogens is 3. The summed E-state index contributed by atoms with van der Waals surface area (Å²) in [7, 11) is 0. The van der Waals surface area contributed by atoms with Crippen molar-refractivity contribution in [2.45, 2.75) is 38.1 Å². The highest BCUT2D eigenvalue weighted by Gasteiger charge is 2.24. The third kappa shape index (κ3) is 4.96. The van der Waals surface area contributed by atoms with Crippen molar-refractivity contribution in [2.75, 3.05) is 42.9 Å². The molecule has 0 radical (unpaired) electrons. The average molecular weight is 417 g/mol. The molecule has 3 heterocycles. The molecule has 1 saturated carbocycles. The average Bonchev–Trinajstić information content (AvgIpc) is 2.85. The van der Waals surface area contributed by atoms with Gasteiger partial charge in [0.1, 0.15) is 18.0 Å². The highest BCUT2D eigenvalue weighted by Crippen LogP contribution is 2.30. The topological polar surface area (TPSA) is 57.2 Å². The molecule has 1 aliphatic heterocycles. The Bertz CT molecular complexity index is 957. The quantitative estimate of drug-likeness (QED) is 0.650. The van der Waals surface area contributed by atoms with Crippen LogP contribution in [0.4, 0.5) is 11.6 Å². The van der Waals surface area contributed by atoms with Crippen molar-refractivity contribution in [3.05, 3.63) is 55.0 Å². The second kappa shape index (κ2) is 9.60. The van der Waals surface area contributed by atoms with Crippen molar-refractivity contribution in [1.29, 1.82) is 0 Å². The molecule has 1 aliphatic carbocycles. The van der Waals surface area contributed by atoms with Crippen LogP contribution >= 0.6 is 0 Å². The van der Waals surface area contributed by atoms with Gasteiger partial charge in [0.15, 0.2) is 0 Å². The third-order valence-electron chi connectivity index (χ3n) is 6.93. The van der Waals surface area contributed by atoms with Crippen LogP contribution in [0.1, 0.15) is 32.1 Å². The third-order valence-corrected chi connectivity index (χ3v) is 6.93. The van der Waals surface area contributed by atoms with E-state index >= 15 is 0 Å². The van der Waals surface area contributed by atoms with Crippen molar-refractivity contribution >= 4 is 22.5 Å². The molecule has 162 valence electrons. The fraction of sp³-hybridized carbons (Fsp3) is 0.480. The van der Waals surface area contributed by atoms with E-state index in [1.807, 2.05) is 18.3 Å². The van der Waals surface area contributed by atoms with Crippen LogP contribution in [0.25, 0.3) is 10.9 Å². The predicted molar refractivity (Wildman–Crippen MR) is 126 cm³/mol. The molecule has 0 amide bonds. The van der Waals surface area contributed by atoms with E-state index in [0.29, 0.717) is 6.04 Å². The number of hydrogen-bond acceptors (Lipinski definition) is 6. The maximum atomic E-state index is 4.51. The van der Waals surface area contributed by atoms with Crippen LogP contribution < -0.4 is 10.2 Å². The number of anilines is 2. The Hall–Kier alpha value is -2.73. The zero-order valence-electron chi connectivity index (χ0n) is 18.2. The first-order valence-corrected chi connectivity index (χ1v) is 11.7. The summed E-state index contributed by atoms with van der Waals surface area (Å²) in [5, 5.41) is 4.82. The van der Waals surface area contributed by atoms with E-state index in [1.165, 1.54) is 38.6 Å². The van der Waals surface area contributed by atoms with E-state index in [0.717, 1.165) is 54.6 Å². The molecule has 2 aliphatic rings. The summed E-state index contributed by atoms with van der Waals surface area (Å²) in [5.41, 5.74) is 1.01. The van der Waals surface area contributed by atoms with Crippen LogP contribution in [-0.2, 0) is 0 Å². The lowest BCUT2D eigenvalue weighted by atomic mass is 9.84. The minimum Gasteiger partial charge on any atom is -0.367 e. The number of piperazine rings is 1. The monoisotopic (exact) mass is 416 g/mol. The molecule has 3 aromatic rings. The summed E-state index contributed by atoms with van der Waals surface area (Å²) in [5.74, 6) is 2.96. The van der Waals surface area contributed by atoms with Gasteiger partial charge in [0, 0.05) is 43.8 Å². The minimum atomic E-state index is 0.525. The Kier molecular flexibility index (Phi) is 6.25. The molecule has 0 atom stereocenters. The molecule has 1 saturated heterocycles. The number of para-hydroxylation sites is 1. The number of nitrogens with one attached hydrogen (secondary N) is 1. The molecular formula is C25H32N6. The molecule has 0 bridgehead atoms. The van der Waals surface area contributed by atoms with Crippen LogP contribution in [0.2, 0.25) is 0 Å². The van der Waals surface area contributed by atoms with Gasteiger partial charge in [-0.25, -0.2) is 15.0 Å². The Labute approximate surface area is 184 Å². The fourth-order valence-corrected chi connectivity index (χ4v) is 5.02. The molecular weight excluding hydrogens is 384 g/mol. The zero-order chi connectivity index (χ0) is 20.9. The van der Waals surface area contributed by atoms with E-state index in [9.17, 15) is 0 Å². The number of nitrogens with zero attached hydrogens (tertiary/aromatic N) is 5.